The topological polar surface area (TPSA) is 49.0 Å². The van der Waals surface area contributed by atoms with Crippen molar-refractivity contribution in [1.82, 2.24) is 14.9 Å². The van der Waals surface area contributed by atoms with E-state index in [-0.39, 0.29) is 5.91 Å². The van der Waals surface area contributed by atoms with Crippen LogP contribution < -0.4 is 0 Å². The molecular weight excluding hydrogens is 398 g/mol. The van der Waals surface area contributed by atoms with Crippen molar-refractivity contribution in [2.75, 3.05) is 6.54 Å². The maximum absolute atomic E-state index is 12.4. The Kier molecular flexibility index (Phi) is 4.45. The minimum atomic E-state index is 0.190. The summed E-state index contributed by atoms with van der Waals surface area (Å²) in [5, 5.41) is 0. The number of aromatic amines is 1. The molecule has 1 amide bonds. The van der Waals surface area contributed by atoms with Crippen LogP contribution in [-0.4, -0.2) is 27.3 Å². The Labute approximate surface area is 140 Å². The number of amides is 1. The van der Waals surface area contributed by atoms with Crippen molar-refractivity contribution in [3.63, 3.8) is 0 Å². The van der Waals surface area contributed by atoms with Crippen molar-refractivity contribution in [2.24, 2.45) is 0 Å². The van der Waals surface area contributed by atoms with Gasteiger partial charge in [0.15, 0.2) is 0 Å². The molecule has 3 rings (SSSR count). The number of aryl methyl sites for hydroxylation is 1. The molecule has 0 spiro atoms. The number of carbonyl (C=O) groups is 1. The van der Waals surface area contributed by atoms with Gasteiger partial charge in [-0.1, -0.05) is 6.07 Å². The van der Waals surface area contributed by atoms with E-state index >= 15 is 0 Å². The molecule has 1 N–H and O–H groups in total. The van der Waals surface area contributed by atoms with Crippen LogP contribution in [0.3, 0.4) is 0 Å². The zero-order chi connectivity index (χ0) is 14.8. The molecule has 0 atom stereocenters. The zero-order valence-electron chi connectivity index (χ0n) is 11.4. The Bertz CT molecular complexity index is 654. The Balaban J connectivity index is 1.63. The predicted octanol–water partition coefficient (Wildman–Crippen LogP) is 3.45. The number of nitrogens with zero attached hydrogens (tertiary/aromatic N) is 2. The summed E-state index contributed by atoms with van der Waals surface area (Å²) in [6, 6.07) is 5.80. The molecule has 1 aliphatic heterocycles. The van der Waals surface area contributed by atoms with Gasteiger partial charge in [-0.25, -0.2) is 0 Å². The second kappa shape index (κ2) is 6.32. The first kappa shape index (κ1) is 14.8. The number of pyridine rings is 1. The van der Waals surface area contributed by atoms with Crippen LogP contribution in [0.5, 0.6) is 0 Å². The lowest BCUT2D eigenvalue weighted by Gasteiger charge is -2.27. The van der Waals surface area contributed by atoms with Crippen molar-refractivity contribution in [3.8, 4) is 0 Å². The summed E-state index contributed by atoms with van der Waals surface area (Å²) in [6.45, 7) is 1.44. The lowest BCUT2D eigenvalue weighted by Crippen LogP contribution is -2.36. The van der Waals surface area contributed by atoms with E-state index in [9.17, 15) is 4.79 Å². The van der Waals surface area contributed by atoms with Crippen LogP contribution in [0.15, 0.2) is 33.5 Å². The fourth-order valence-corrected chi connectivity index (χ4v) is 3.52. The average Bonchev–Trinajstić information content (AvgIpc) is 2.80. The summed E-state index contributed by atoms with van der Waals surface area (Å²) in [4.78, 5) is 21.9. The summed E-state index contributed by atoms with van der Waals surface area (Å²) in [7, 11) is 0. The molecule has 0 bridgehead atoms. The van der Waals surface area contributed by atoms with Gasteiger partial charge in [-0.3, -0.25) is 9.78 Å². The second-order valence-corrected chi connectivity index (χ2v) is 6.68. The van der Waals surface area contributed by atoms with Crippen LogP contribution in [-0.2, 0) is 24.2 Å². The van der Waals surface area contributed by atoms with Crippen molar-refractivity contribution in [1.29, 1.82) is 0 Å². The first-order valence-electron chi connectivity index (χ1n) is 6.87. The van der Waals surface area contributed by atoms with Crippen LogP contribution in [0.4, 0.5) is 0 Å². The van der Waals surface area contributed by atoms with Crippen LogP contribution in [0, 0.1) is 0 Å². The minimum absolute atomic E-state index is 0.190. The molecule has 3 heterocycles. The van der Waals surface area contributed by atoms with Crippen LogP contribution in [0.1, 0.15) is 23.4 Å². The second-order valence-electron chi connectivity index (χ2n) is 5.10. The average molecular weight is 413 g/mol. The minimum Gasteiger partial charge on any atom is -0.352 e. The third kappa shape index (κ3) is 3.21. The number of carbonyl (C=O) groups excluding carboxylic acids is 1. The van der Waals surface area contributed by atoms with Gasteiger partial charge in [0.2, 0.25) is 5.91 Å². The van der Waals surface area contributed by atoms with Crippen molar-refractivity contribution in [2.45, 2.75) is 25.8 Å². The Morgan fingerprint density at radius 1 is 1.38 bits per heavy atom. The van der Waals surface area contributed by atoms with Gasteiger partial charge in [-0.05, 0) is 50.4 Å². The molecule has 0 unspecified atom stereocenters. The van der Waals surface area contributed by atoms with Gasteiger partial charge >= 0.3 is 0 Å². The first-order chi connectivity index (χ1) is 10.1. The fraction of sp³-hybridized carbons (Fsp3) is 0.333. The van der Waals surface area contributed by atoms with E-state index < -0.39 is 0 Å². The number of aromatic nitrogens is 2. The van der Waals surface area contributed by atoms with E-state index in [1.54, 1.807) is 6.20 Å². The molecule has 1 aliphatic rings. The van der Waals surface area contributed by atoms with Crippen molar-refractivity contribution < 1.29 is 4.79 Å². The molecule has 0 aromatic carbocycles. The largest absolute Gasteiger partial charge is 0.352 e. The molecule has 2 aromatic rings. The molecule has 4 nitrogen and oxygen atoms in total. The normalized spacial score (nSPS) is 14.1. The quantitative estimate of drug-likeness (QED) is 0.839. The van der Waals surface area contributed by atoms with E-state index in [1.807, 2.05) is 23.1 Å². The number of H-pyrrole nitrogens is 1. The molecule has 0 radical (unpaired) electrons. The zero-order valence-corrected chi connectivity index (χ0v) is 14.6. The highest BCUT2D eigenvalue weighted by Gasteiger charge is 2.24. The third-order valence-electron chi connectivity index (χ3n) is 3.74. The molecule has 21 heavy (non-hydrogen) atoms. The third-order valence-corrected chi connectivity index (χ3v) is 5.74. The van der Waals surface area contributed by atoms with Gasteiger partial charge in [0, 0.05) is 49.1 Å². The van der Waals surface area contributed by atoms with Crippen LogP contribution >= 0.6 is 31.9 Å². The molecule has 0 saturated carbocycles. The van der Waals surface area contributed by atoms with E-state index in [1.165, 1.54) is 11.3 Å². The van der Waals surface area contributed by atoms with Crippen LogP contribution in [0.2, 0.25) is 0 Å². The lowest BCUT2D eigenvalue weighted by atomic mass is 10.1. The summed E-state index contributed by atoms with van der Waals surface area (Å²) in [5.74, 6) is 0.190. The predicted molar refractivity (Wildman–Crippen MR) is 87.9 cm³/mol. The molecule has 110 valence electrons. The van der Waals surface area contributed by atoms with E-state index in [4.69, 9.17) is 0 Å². The number of hydrogen-bond donors (Lipinski definition) is 1. The maximum atomic E-state index is 12.4. The van der Waals surface area contributed by atoms with Gasteiger partial charge in [-0.2, -0.15) is 0 Å². The number of nitrogens with one attached hydrogen (secondary N) is 1. The summed E-state index contributed by atoms with van der Waals surface area (Å²) >= 11 is 7.04. The standard InChI is InChI=1S/C15H15Br2N3O/c16-14-11-9-20(8-6-12(11)19-15(14)17)13(21)5-4-10-3-1-2-7-18-10/h1-3,7,19H,4-6,8-9H2. The SMILES string of the molecule is O=C(CCc1ccccn1)N1CCc2[nH]c(Br)c(Br)c2C1. The Morgan fingerprint density at radius 3 is 3.00 bits per heavy atom. The van der Waals surface area contributed by atoms with Gasteiger partial charge < -0.3 is 9.88 Å². The van der Waals surface area contributed by atoms with Crippen molar-refractivity contribution >= 4 is 37.8 Å². The summed E-state index contributed by atoms with van der Waals surface area (Å²) in [5.41, 5.74) is 3.36. The Hall–Kier alpha value is -1.14. The molecular formula is C15H15Br2N3O. The maximum Gasteiger partial charge on any atom is 0.223 e. The van der Waals surface area contributed by atoms with Crippen molar-refractivity contribution in [3.05, 3.63) is 50.4 Å². The number of hydrogen-bond acceptors (Lipinski definition) is 2. The van der Waals surface area contributed by atoms with E-state index in [0.29, 0.717) is 19.4 Å². The van der Waals surface area contributed by atoms with Crippen LogP contribution in [0.25, 0.3) is 0 Å². The highest BCUT2D eigenvalue weighted by Crippen LogP contribution is 2.33. The van der Waals surface area contributed by atoms with Gasteiger partial charge in [0.1, 0.15) is 0 Å². The monoisotopic (exact) mass is 411 g/mol. The number of halogens is 2. The highest BCUT2D eigenvalue weighted by atomic mass is 79.9. The molecule has 6 heteroatoms. The molecule has 0 fully saturated rings. The van der Waals surface area contributed by atoms with Gasteiger partial charge in [0.05, 0.1) is 9.08 Å². The first-order valence-corrected chi connectivity index (χ1v) is 8.46. The summed E-state index contributed by atoms with van der Waals surface area (Å²) < 4.78 is 1.98. The Morgan fingerprint density at radius 2 is 2.24 bits per heavy atom. The highest BCUT2D eigenvalue weighted by molar-refractivity contribution is 9.13. The van der Waals surface area contributed by atoms with E-state index in [2.05, 4.69) is 41.8 Å². The smallest absolute Gasteiger partial charge is 0.223 e. The fourth-order valence-electron chi connectivity index (χ4n) is 2.57. The number of fused-ring (bicyclic) bond motifs is 1. The molecule has 0 saturated heterocycles. The lowest BCUT2D eigenvalue weighted by molar-refractivity contribution is -0.132. The summed E-state index contributed by atoms with van der Waals surface area (Å²) in [6.07, 6.45) is 3.84. The molecule has 0 aliphatic carbocycles. The molecule has 2 aromatic heterocycles. The number of rotatable bonds is 3. The van der Waals surface area contributed by atoms with E-state index in [0.717, 1.165) is 27.7 Å². The van der Waals surface area contributed by atoms with Gasteiger partial charge in [-0.15, -0.1) is 0 Å². The van der Waals surface area contributed by atoms with Gasteiger partial charge in [0.25, 0.3) is 0 Å².